The van der Waals surface area contributed by atoms with Crippen molar-refractivity contribution in [2.45, 2.75) is 19.8 Å². The van der Waals surface area contributed by atoms with Gasteiger partial charge in [0.25, 0.3) is 0 Å². The Labute approximate surface area is 144 Å². The van der Waals surface area contributed by atoms with Crippen molar-refractivity contribution in [3.8, 4) is 0 Å². The number of nitrogens with one attached hydrogen (secondary N) is 2. The van der Waals surface area contributed by atoms with Gasteiger partial charge < -0.3 is 10.1 Å². The second kappa shape index (κ2) is 9.11. The van der Waals surface area contributed by atoms with Gasteiger partial charge in [0.1, 0.15) is 0 Å². The molecule has 0 radical (unpaired) electrons. The standard InChI is InChI=1S/C17H18N4O4/c1-2-3-11-25-16(24)12-7-4-5-8-13(12)20-14(22)15(23)21-17-18-9-6-10-19-17/h4-10H,2-3,11H2,1H3,(H,20,22)(H,18,19,21,23). The number of hydrogen-bond donors (Lipinski definition) is 2. The maximum atomic E-state index is 12.1. The summed E-state index contributed by atoms with van der Waals surface area (Å²) < 4.78 is 5.14. The van der Waals surface area contributed by atoms with Gasteiger partial charge in [0, 0.05) is 12.4 Å². The molecule has 1 aromatic heterocycles. The van der Waals surface area contributed by atoms with E-state index in [9.17, 15) is 14.4 Å². The van der Waals surface area contributed by atoms with Gasteiger partial charge in [0.2, 0.25) is 5.95 Å². The van der Waals surface area contributed by atoms with E-state index in [1.54, 1.807) is 18.2 Å². The number of carbonyl (C=O) groups excluding carboxylic acids is 3. The molecule has 0 atom stereocenters. The first-order valence-corrected chi connectivity index (χ1v) is 7.77. The molecule has 2 amide bonds. The molecule has 0 saturated heterocycles. The first-order valence-electron chi connectivity index (χ1n) is 7.77. The first kappa shape index (κ1) is 18.1. The van der Waals surface area contributed by atoms with E-state index in [0.29, 0.717) is 6.61 Å². The molecule has 2 aromatic rings. The molecule has 2 N–H and O–H groups in total. The van der Waals surface area contributed by atoms with Gasteiger partial charge in [-0.1, -0.05) is 25.5 Å². The molecule has 0 fully saturated rings. The van der Waals surface area contributed by atoms with Crippen molar-refractivity contribution in [2.24, 2.45) is 0 Å². The average molecular weight is 342 g/mol. The third-order valence-corrected chi connectivity index (χ3v) is 3.12. The van der Waals surface area contributed by atoms with Crippen LogP contribution in [0.2, 0.25) is 0 Å². The number of anilines is 2. The molecule has 0 saturated carbocycles. The van der Waals surface area contributed by atoms with E-state index in [1.165, 1.54) is 24.5 Å². The van der Waals surface area contributed by atoms with Crippen molar-refractivity contribution in [1.29, 1.82) is 0 Å². The normalized spacial score (nSPS) is 9.96. The fourth-order valence-corrected chi connectivity index (χ4v) is 1.86. The van der Waals surface area contributed by atoms with Crippen molar-refractivity contribution in [3.63, 3.8) is 0 Å². The van der Waals surface area contributed by atoms with E-state index in [0.717, 1.165) is 12.8 Å². The lowest BCUT2D eigenvalue weighted by Gasteiger charge is -2.10. The average Bonchev–Trinajstić information content (AvgIpc) is 2.63. The summed E-state index contributed by atoms with van der Waals surface area (Å²) in [6.07, 6.45) is 4.51. The molecule has 1 aromatic carbocycles. The Balaban J connectivity index is 2.03. The second-order valence-corrected chi connectivity index (χ2v) is 5.02. The number of rotatable bonds is 6. The monoisotopic (exact) mass is 342 g/mol. The van der Waals surface area contributed by atoms with Crippen LogP contribution in [0.4, 0.5) is 11.6 Å². The maximum absolute atomic E-state index is 12.1. The number of para-hydroxylation sites is 1. The zero-order chi connectivity index (χ0) is 18.1. The Morgan fingerprint density at radius 2 is 1.68 bits per heavy atom. The molecule has 0 bridgehead atoms. The molecule has 1 heterocycles. The summed E-state index contributed by atoms with van der Waals surface area (Å²) in [7, 11) is 0. The lowest BCUT2D eigenvalue weighted by Crippen LogP contribution is -2.30. The van der Waals surface area contributed by atoms with Gasteiger partial charge >= 0.3 is 17.8 Å². The Kier molecular flexibility index (Phi) is 6.58. The number of unbranched alkanes of at least 4 members (excludes halogenated alkanes) is 1. The highest BCUT2D eigenvalue weighted by atomic mass is 16.5. The summed E-state index contributed by atoms with van der Waals surface area (Å²) in [5.74, 6) is -2.44. The Hall–Kier alpha value is -3.29. The number of amides is 2. The van der Waals surface area contributed by atoms with Crippen molar-refractivity contribution in [3.05, 3.63) is 48.3 Å². The van der Waals surface area contributed by atoms with Crippen LogP contribution < -0.4 is 10.6 Å². The molecule has 2 rings (SSSR count). The largest absolute Gasteiger partial charge is 0.462 e. The third-order valence-electron chi connectivity index (χ3n) is 3.12. The molecule has 0 aliphatic rings. The Morgan fingerprint density at radius 3 is 2.40 bits per heavy atom. The van der Waals surface area contributed by atoms with E-state index in [1.807, 2.05) is 6.92 Å². The van der Waals surface area contributed by atoms with Gasteiger partial charge in [-0.15, -0.1) is 0 Å². The van der Waals surface area contributed by atoms with Crippen LogP contribution in [0.15, 0.2) is 42.7 Å². The van der Waals surface area contributed by atoms with Crippen LogP contribution in [0.3, 0.4) is 0 Å². The number of esters is 1. The number of benzene rings is 1. The Bertz CT molecular complexity index is 749. The summed E-state index contributed by atoms with van der Waals surface area (Å²) in [6.45, 7) is 2.28. The van der Waals surface area contributed by atoms with Crippen molar-refractivity contribution in [2.75, 3.05) is 17.2 Å². The predicted molar refractivity (Wildman–Crippen MR) is 90.9 cm³/mol. The van der Waals surface area contributed by atoms with Crippen LogP contribution in [0, 0.1) is 0 Å². The van der Waals surface area contributed by atoms with Crippen LogP contribution in [0.1, 0.15) is 30.1 Å². The summed E-state index contributed by atoms with van der Waals surface area (Å²) in [6, 6.07) is 7.89. The zero-order valence-corrected chi connectivity index (χ0v) is 13.7. The van der Waals surface area contributed by atoms with Crippen LogP contribution in [-0.2, 0) is 14.3 Å². The summed E-state index contributed by atoms with van der Waals surface area (Å²) in [5.41, 5.74) is 0.369. The minimum Gasteiger partial charge on any atom is -0.462 e. The zero-order valence-electron chi connectivity index (χ0n) is 13.7. The highest BCUT2D eigenvalue weighted by Gasteiger charge is 2.19. The number of aromatic nitrogens is 2. The SMILES string of the molecule is CCCCOC(=O)c1ccccc1NC(=O)C(=O)Nc1ncccn1. The van der Waals surface area contributed by atoms with E-state index in [2.05, 4.69) is 20.6 Å². The highest BCUT2D eigenvalue weighted by Crippen LogP contribution is 2.16. The van der Waals surface area contributed by atoms with Crippen molar-refractivity contribution < 1.29 is 19.1 Å². The third kappa shape index (κ3) is 5.38. The predicted octanol–water partition coefficient (Wildman–Crippen LogP) is 2.01. The van der Waals surface area contributed by atoms with Crippen LogP contribution in [-0.4, -0.2) is 34.4 Å². The van der Waals surface area contributed by atoms with E-state index in [4.69, 9.17) is 4.74 Å². The number of carbonyl (C=O) groups is 3. The fraction of sp³-hybridized carbons (Fsp3) is 0.235. The molecule has 25 heavy (non-hydrogen) atoms. The van der Waals surface area contributed by atoms with Crippen molar-refractivity contribution >= 4 is 29.4 Å². The van der Waals surface area contributed by atoms with Crippen molar-refractivity contribution in [1.82, 2.24) is 9.97 Å². The summed E-state index contributed by atoms with van der Waals surface area (Å²) in [4.78, 5) is 43.6. The summed E-state index contributed by atoms with van der Waals surface area (Å²) >= 11 is 0. The van der Waals surface area contributed by atoms with Crippen LogP contribution in [0.5, 0.6) is 0 Å². The molecule has 8 nitrogen and oxygen atoms in total. The van der Waals surface area contributed by atoms with Crippen LogP contribution in [0.25, 0.3) is 0 Å². The molecule has 0 spiro atoms. The van der Waals surface area contributed by atoms with E-state index >= 15 is 0 Å². The number of ether oxygens (including phenoxy) is 1. The minimum atomic E-state index is -0.944. The summed E-state index contributed by atoms with van der Waals surface area (Å²) in [5, 5.41) is 4.66. The molecular weight excluding hydrogens is 324 g/mol. The Morgan fingerprint density at radius 1 is 1.00 bits per heavy atom. The first-order chi connectivity index (χ1) is 12.1. The lowest BCUT2D eigenvalue weighted by molar-refractivity contribution is -0.133. The van der Waals surface area contributed by atoms with Gasteiger partial charge in [0.15, 0.2) is 0 Å². The van der Waals surface area contributed by atoms with Gasteiger partial charge in [-0.2, -0.15) is 0 Å². The maximum Gasteiger partial charge on any atom is 0.340 e. The second-order valence-electron chi connectivity index (χ2n) is 5.02. The van der Waals surface area contributed by atoms with Gasteiger partial charge in [-0.3, -0.25) is 14.9 Å². The van der Waals surface area contributed by atoms with Crippen LogP contribution >= 0.6 is 0 Å². The van der Waals surface area contributed by atoms with Gasteiger partial charge in [-0.25, -0.2) is 14.8 Å². The lowest BCUT2D eigenvalue weighted by atomic mass is 10.2. The molecule has 130 valence electrons. The molecule has 0 unspecified atom stereocenters. The quantitative estimate of drug-likeness (QED) is 0.472. The van der Waals surface area contributed by atoms with E-state index in [-0.39, 0.29) is 17.2 Å². The van der Waals surface area contributed by atoms with Gasteiger partial charge in [0.05, 0.1) is 17.9 Å². The molecule has 0 aliphatic carbocycles. The smallest absolute Gasteiger partial charge is 0.340 e. The molecule has 0 aliphatic heterocycles. The fourth-order valence-electron chi connectivity index (χ4n) is 1.86. The highest BCUT2D eigenvalue weighted by molar-refractivity contribution is 6.43. The van der Waals surface area contributed by atoms with Gasteiger partial charge in [-0.05, 0) is 24.6 Å². The topological polar surface area (TPSA) is 110 Å². The number of nitrogens with zero attached hydrogens (tertiary/aromatic N) is 2. The molecular formula is C17H18N4O4. The number of hydrogen-bond acceptors (Lipinski definition) is 6. The minimum absolute atomic E-state index is 0.00918. The van der Waals surface area contributed by atoms with E-state index < -0.39 is 17.8 Å². The molecule has 8 heteroatoms.